The van der Waals surface area contributed by atoms with E-state index >= 15 is 0 Å². The molecule has 0 aliphatic rings. The van der Waals surface area contributed by atoms with Crippen molar-refractivity contribution < 1.29 is 4.21 Å². The number of hydrogen-bond acceptors (Lipinski definition) is 1. The van der Waals surface area contributed by atoms with E-state index in [1.165, 1.54) is 0 Å². The topological polar surface area (TPSA) is 17.1 Å². The maximum absolute atomic E-state index is 13.6. The van der Waals surface area contributed by atoms with Crippen LogP contribution >= 0.6 is 0 Å². The quantitative estimate of drug-likeness (QED) is 0.379. The molecule has 4 aromatic carbocycles. The molecule has 0 spiro atoms. The van der Waals surface area contributed by atoms with Gasteiger partial charge in [0.25, 0.3) is 0 Å². The maximum atomic E-state index is 13.6. The highest BCUT2D eigenvalue weighted by Gasteiger charge is 2.15. The summed E-state index contributed by atoms with van der Waals surface area (Å²) in [4.78, 5) is 1.74. The van der Waals surface area contributed by atoms with E-state index in [-0.39, 0.29) is 0 Å². The van der Waals surface area contributed by atoms with Crippen molar-refractivity contribution in [2.75, 3.05) is 0 Å². The van der Waals surface area contributed by atoms with Gasteiger partial charge in [0.05, 0.1) is 10.8 Å². The van der Waals surface area contributed by atoms with Crippen molar-refractivity contribution in [1.29, 1.82) is 0 Å². The Balaban J connectivity index is 1.78. The zero-order valence-electron chi connectivity index (χ0n) is 16.1. The molecule has 0 N–H and O–H groups in total. The van der Waals surface area contributed by atoms with E-state index in [2.05, 4.69) is 60.7 Å². The van der Waals surface area contributed by atoms with Gasteiger partial charge in [-0.2, -0.15) is 0 Å². The second kappa shape index (κ2) is 7.95. The number of aryl methyl sites for hydroxylation is 2. The van der Waals surface area contributed by atoms with Crippen LogP contribution in [0.1, 0.15) is 11.1 Å². The van der Waals surface area contributed by atoms with Crippen molar-refractivity contribution in [3.63, 3.8) is 0 Å². The molecule has 0 aliphatic heterocycles. The Labute approximate surface area is 169 Å². The summed E-state index contributed by atoms with van der Waals surface area (Å²) in [6, 6.07) is 32.9. The fourth-order valence-corrected chi connectivity index (χ4v) is 4.76. The zero-order valence-corrected chi connectivity index (χ0v) is 16.9. The summed E-state index contributed by atoms with van der Waals surface area (Å²) in [6.45, 7) is 4.05. The zero-order chi connectivity index (χ0) is 19.5. The summed E-state index contributed by atoms with van der Waals surface area (Å²) in [6.07, 6.45) is 0. The maximum Gasteiger partial charge on any atom is 0.0855 e. The molecule has 1 nitrogen and oxygen atoms in total. The Morgan fingerprint density at radius 3 is 1.29 bits per heavy atom. The van der Waals surface area contributed by atoms with Crippen LogP contribution in [-0.4, -0.2) is 4.21 Å². The first kappa shape index (κ1) is 18.4. The Hall–Kier alpha value is -2.97. The third-order valence-corrected chi connectivity index (χ3v) is 6.67. The molecule has 0 amide bonds. The molecule has 2 heteroatoms. The molecule has 138 valence electrons. The van der Waals surface area contributed by atoms with E-state index in [0.29, 0.717) is 0 Å². The molecule has 0 saturated carbocycles. The summed E-state index contributed by atoms with van der Waals surface area (Å²) in [5.41, 5.74) is 6.54. The summed E-state index contributed by atoms with van der Waals surface area (Å²) in [5.74, 6) is 0. The normalized spacial score (nSPS) is 11.0. The standard InChI is InChI=1S/C26H22OS/c1-19-13-15-23(21-9-5-3-6-10-21)17-25(19)28(27)26-18-24(16-14-20(26)2)22-11-7-4-8-12-22/h3-18H,1-2H3. The second-order valence-corrected chi connectivity index (χ2v) is 8.38. The van der Waals surface area contributed by atoms with E-state index in [1.54, 1.807) is 0 Å². The Bertz CT molecular complexity index is 1040. The highest BCUT2D eigenvalue weighted by Crippen LogP contribution is 2.30. The fraction of sp³-hybridized carbons (Fsp3) is 0.0769. The van der Waals surface area contributed by atoms with Crippen LogP contribution in [0.3, 0.4) is 0 Å². The highest BCUT2D eigenvalue weighted by molar-refractivity contribution is 7.85. The van der Waals surface area contributed by atoms with Crippen LogP contribution in [0.2, 0.25) is 0 Å². The molecule has 0 aliphatic carbocycles. The van der Waals surface area contributed by atoms with Crippen LogP contribution in [-0.2, 0) is 10.8 Å². The van der Waals surface area contributed by atoms with E-state index in [1.807, 2.05) is 50.2 Å². The average Bonchev–Trinajstić information content (AvgIpc) is 2.75. The van der Waals surface area contributed by atoms with E-state index in [4.69, 9.17) is 0 Å². The molecule has 0 bridgehead atoms. The molecule has 0 saturated heterocycles. The van der Waals surface area contributed by atoms with Gasteiger partial charge in [0.2, 0.25) is 0 Å². The first-order valence-electron chi connectivity index (χ1n) is 9.37. The molecule has 0 fully saturated rings. The number of hydrogen-bond donors (Lipinski definition) is 0. The van der Waals surface area contributed by atoms with Gasteiger partial charge in [0.1, 0.15) is 0 Å². The van der Waals surface area contributed by atoms with Gasteiger partial charge in [-0.25, -0.2) is 4.21 Å². The lowest BCUT2D eigenvalue weighted by Gasteiger charge is -2.13. The monoisotopic (exact) mass is 382 g/mol. The lowest BCUT2D eigenvalue weighted by molar-refractivity contribution is 0.682. The lowest BCUT2D eigenvalue weighted by atomic mass is 10.0. The first-order chi connectivity index (χ1) is 13.6. The molecular weight excluding hydrogens is 360 g/mol. The largest absolute Gasteiger partial charge is 0.249 e. The minimum atomic E-state index is -1.24. The Morgan fingerprint density at radius 2 is 0.893 bits per heavy atom. The number of rotatable bonds is 4. The molecule has 0 atom stereocenters. The van der Waals surface area contributed by atoms with E-state index < -0.39 is 10.8 Å². The van der Waals surface area contributed by atoms with Crippen LogP contribution in [0.5, 0.6) is 0 Å². The molecule has 28 heavy (non-hydrogen) atoms. The smallest absolute Gasteiger partial charge is 0.0855 e. The first-order valence-corrected chi connectivity index (χ1v) is 10.5. The molecule has 0 unspecified atom stereocenters. The van der Waals surface area contributed by atoms with Gasteiger partial charge in [-0.1, -0.05) is 84.9 Å². The van der Waals surface area contributed by atoms with Crippen molar-refractivity contribution in [1.82, 2.24) is 0 Å². The van der Waals surface area contributed by atoms with Gasteiger partial charge >= 0.3 is 0 Å². The van der Waals surface area contributed by atoms with Crippen molar-refractivity contribution >= 4 is 10.8 Å². The predicted octanol–water partition coefficient (Wildman–Crippen LogP) is 6.80. The van der Waals surface area contributed by atoms with E-state index in [0.717, 1.165) is 43.2 Å². The summed E-state index contributed by atoms with van der Waals surface area (Å²) in [7, 11) is -1.24. The molecule has 0 radical (unpaired) electrons. The van der Waals surface area contributed by atoms with Gasteiger partial charge < -0.3 is 0 Å². The van der Waals surface area contributed by atoms with Gasteiger partial charge in [0, 0.05) is 9.79 Å². The minimum absolute atomic E-state index is 0.870. The summed E-state index contributed by atoms with van der Waals surface area (Å²) >= 11 is 0. The molecule has 0 heterocycles. The summed E-state index contributed by atoms with van der Waals surface area (Å²) in [5, 5.41) is 0. The predicted molar refractivity (Wildman–Crippen MR) is 118 cm³/mol. The van der Waals surface area contributed by atoms with Gasteiger partial charge in [0.15, 0.2) is 0 Å². The van der Waals surface area contributed by atoms with Crippen LogP contribution in [0.15, 0.2) is 107 Å². The van der Waals surface area contributed by atoms with Crippen LogP contribution in [0.4, 0.5) is 0 Å². The van der Waals surface area contributed by atoms with Crippen molar-refractivity contribution in [2.24, 2.45) is 0 Å². The number of benzene rings is 4. The third kappa shape index (κ3) is 3.69. The summed E-state index contributed by atoms with van der Waals surface area (Å²) < 4.78 is 13.6. The van der Waals surface area contributed by atoms with Gasteiger partial charge in [-0.05, 0) is 59.4 Å². The SMILES string of the molecule is Cc1ccc(-c2ccccc2)cc1S(=O)c1cc(-c2ccccc2)ccc1C. The van der Waals surface area contributed by atoms with Crippen molar-refractivity contribution in [2.45, 2.75) is 23.6 Å². The Kier molecular flexibility index (Phi) is 5.23. The lowest BCUT2D eigenvalue weighted by Crippen LogP contribution is -1.99. The van der Waals surface area contributed by atoms with Crippen LogP contribution in [0.25, 0.3) is 22.3 Å². The second-order valence-electron chi connectivity index (χ2n) is 6.96. The van der Waals surface area contributed by atoms with Crippen molar-refractivity contribution in [3.8, 4) is 22.3 Å². The highest BCUT2D eigenvalue weighted by atomic mass is 32.2. The molecular formula is C26H22OS. The fourth-order valence-electron chi connectivity index (χ4n) is 3.34. The van der Waals surface area contributed by atoms with Gasteiger partial charge in [-0.15, -0.1) is 0 Å². The molecule has 0 aromatic heterocycles. The van der Waals surface area contributed by atoms with Crippen molar-refractivity contribution in [3.05, 3.63) is 108 Å². The molecule has 4 aromatic rings. The van der Waals surface area contributed by atoms with Crippen LogP contribution in [0, 0.1) is 13.8 Å². The molecule has 4 rings (SSSR count). The minimum Gasteiger partial charge on any atom is -0.249 e. The Morgan fingerprint density at radius 1 is 0.500 bits per heavy atom. The van der Waals surface area contributed by atoms with E-state index in [9.17, 15) is 4.21 Å². The van der Waals surface area contributed by atoms with Gasteiger partial charge in [-0.3, -0.25) is 0 Å². The third-order valence-electron chi connectivity index (χ3n) is 4.99. The van der Waals surface area contributed by atoms with Crippen LogP contribution < -0.4 is 0 Å². The average molecular weight is 383 g/mol.